The molecular weight excluding hydrogens is 919 g/mol. The van der Waals surface area contributed by atoms with Crippen LogP contribution in [-0.2, 0) is 0 Å². The van der Waals surface area contributed by atoms with Crippen LogP contribution in [0.1, 0.15) is 201 Å². The van der Waals surface area contributed by atoms with Gasteiger partial charge in [-0.2, -0.15) is 0 Å². The first kappa shape index (κ1) is 51.0. The highest BCUT2D eigenvalue weighted by molar-refractivity contribution is 5.56. The zero-order chi connectivity index (χ0) is 51.0. The number of rotatable bonds is 8. The number of fused-ring (bicyclic) bond motifs is 8. The Kier molecular flexibility index (Phi) is 15.3. The summed E-state index contributed by atoms with van der Waals surface area (Å²) in [7, 11) is 0. The molecule has 396 valence electrons. The van der Waals surface area contributed by atoms with Gasteiger partial charge in [0.1, 0.15) is 34.9 Å². The van der Waals surface area contributed by atoms with Crippen molar-refractivity contribution in [3.05, 3.63) is 102 Å². The quantitative estimate of drug-likeness (QED) is 0.115. The van der Waals surface area contributed by atoms with E-state index in [1.807, 2.05) is 12.3 Å². The average molecular weight is 1000 g/mol. The predicted molar refractivity (Wildman–Crippen MR) is 293 cm³/mol. The molecule has 0 saturated carbocycles. The molecule has 14 rings (SSSR count). The summed E-state index contributed by atoms with van der Waals surface area (Å²) < 4.78 is 9.64. The SMILES string of the molecule is Cc1cnc(-c2ccccc2)n1C1C[C@H]2CC[C@@H](C1)N2.Cc1nnc(-c2ccccc2)n1C1C[C@H]2CC[C@@H](C1)N2.Cc1nnc(C(C)C)n1C1C[C@H]2CC[C@@H](C1)N2.Cc1nnc(C(C)C)n1C1C[C@H]2CC[C@@H](C1)N2. The number of benzene rings is 2. The first-order chi connectivity index (χ1) is 35.9. The van der Waals surface area contributed by atoms with Crippen LogP contribution >= 0.6 is 0 Å². The minimum absolute atomic E-state index is 0.462. The first-order valence-electron chi connectivity index (χ1n) is 28.8. The molecule has 15 nitrogen and oxygen atoms in total. The van der Waals surface area contributed by atoms with E-state index < -0.39 is 0 Å². The lowest BCUT2D eigenvalue weighted by Gasteiger charge is -2.32. The van der Waals surface area contributed by atoms with Crippen molar-refractivity contribution in [2.75, 3.05) is 0 Å². The fourth-order valence-corrected chi connectivity index (χ4v) is 14.7. The largest absolute Gasteiger partial charge is 0.325 e. The van der Waals surface area contributed by atoms with E-state index in [1.165, 1.54) is 120 Å². The predicted octanol–water partition coefficient (Wildman–Crippen LogP) is 10.4. The summed E-state index contributed by atoms with van der Waals surface area (Å²) >= 11 is 0. The third-order valence-corrected chi connectivity index (χ3v) is 18.0. The second kappa shape index (κ2) is 22.2. The van der Waals surface area contributed by atoms with Crippen molar-refractivity contribution in [3.63, 3.8) is 0 Å². The van der Waals surface area contributed by atoms with Crippen molar-refractivity contribution in [1.82, 2.24) is 75.1 Å². The number of imidazole rings is 1. The molecule has 8 aliphatic heterocycles. The van der Waals surface area contributed by atoms with Gasteiger partial charge < -0.3 is 39.5 Å². The first-order valence-corrected chi connectivity index (χ1v) is 28.8. The minimum atomic E-state index is 0.462. The standard InChI is InChI=1S/C17H21N3.C16H20N4.2C13H22N4/c1-12-11-18-17(13-5-3-2-4-6-13)20(12)16-9-14-7-8-15(10-16)19-14;1-11-18-19-16(12-5-3-2-4-6-12)20(11)15-9-13-7-8-14(10-15)17-13;2*1-8(2)13-16-15-9(3)17(13)12-6-10-4-5-11(7-12)14-10/h2-6,11,14-16,19H,7-10H2,1H3;2-6,13-15,17H,7-10H2,1H3;2*8,10-12,14H,4-7H2,1-3H3/t14-,15+,16?;13-,14+,15?;2*10-,11+,12?. The van der Waals surface area contributed by atoms with Crippen molar-refractivity contribution in [2.24, 2.45) is 0 Å². The maximum atomic E-state index is 4.67. The number of aromatic nitrogens is 11. The van der Waals surface area contributed by atoms with Crippen LogP contribution in [0.15, 0.2) is 66.9 Å². The summed E-state index contributed by atoms with van der Waals surface area (Å²) in [6, 6.07) is 29.0. The molecule has 12 atom stereocenters. The van der Waals surface area contributed by atoms with Crippen molar-refractivity contribution in [3.8, 4) is 22.8 Å². The molecule has 8 fully saturated rings. The van der Waals surface area contributed by atoms with Gasteiger partial charge in [-0.1, -0.05) is 88.4 Å². The molecule has 4 unspecified atom stereocenters. The van der Waals surface area contributed by atoms with Crippen molar-refractivity contribution < 1.29 is 0 Å². The van der Waals surface area contributed by atoms with E-state index in [2.05, 4.69) is 185 Å². The molecule has 4 aromatic heterocycles. The molecule has 6 aromatic rings. The van der Waals surface area contributed by atoms with Gasteiger partial charge in [0, 0.05) is 107 Å². The monoisotopic (exact) mass is 1000 g/mol. The Hall–Kier alpha value is -5.09. The summed E-state index contributed by atoms with van der Waals surface area (Å²) in [5.74, 6) is 8.61. The van der Waals surface area contributed by atoms with Gasteiger partial charge in [-0.3, -0.25) is 0 Å². The number of piperidine rings is 4. The molecule has 0 amide bonds. The summed E-state index contributed by atoms with van der Waals surface area (Å²) in [5, 5.41) is 40.8. The lowest BCUT2D eigenvalue weighted by Crippen LogP contribution is -2.39. The minimum Gasteiger partial charge on any atom is -0.325 e. The summed E-state index contributed by atoms with van der Waals surface area (Å²) in [4.78, 5) is 4.67. The molecule has 4 N–H and O–H groups in total. The number of nitrogens with zero attached hydrogens (tertiary/aromatic N) is 11. The second-order valence-electron chi connectivity index (χ2n) is 24.1. The van der Waals surface area contributed by atoms with Crippen LogP contribution < -0.4 is 21.3 Å². The van der Waals surface area contributed by atoms with E-state index in [0.717, 1.165) is 64.9 Å². The van der Waals surface area contributed by atoms with Crippen LogP contribution in [0.4, 0.5) is 0 Å². The van der Waals surface area contributed by atoms with Gasteiger partial charge in [0.2, 0.25) is 0 Å². The molecule has 12 heterocycles. The van der Waals surface area contributed by atoms with Gasteiger partial charge in [0.15, 0.2) is 5.82 Å². The number of hydrogen-bond donors (Lipinski definition) is 4. The summed E-state index contributed by atoms with van der Waals surface area (Å²) in [6.45, 7) is 17.2. The maximum absolute atomic E-state index is 4.67. The van der Waals surface area contributed by atoms with Crippen LogP contribution in [0.5, 0.6) is 0 Å². The Morgan fingerprint density at radius 2 is 0.689 bits per heavy atom. The average Bonchev–Trinajstić information content (AvgIpc) is 4.31. The molecule has 0 aliphatic carbocycles. The highest BCUT2D eigenvalue weighted by Gasteiger charge is 2.39. The van der Waals surface area contributed by atoms with Crippen molar-refractivity contribution in [2.45, 2.75) is 242 Å². The Morgan fingerprint density at radius 3 is 1.05 bits per heavy atom. The van der Waals surface area contributed by atoms with Crippen molar-refractivity contribution in [1.29, 1.82) is 0 Å². The lowest BCUT2D eigenvalue weighted by molar-refractivity contribution is 0.288. The Labute approximate surface area is 440 Å². The molecule has 8 bridgehead atoms. The third kappa shape index (κ3) is 11.0. The molecule has 8 aliphatic rings. The Bertz CT molecular complexity index is 2530. The second-order valence-corrected chi connectivity index (χ2v) is 24.1. The van der Waals surface area contributed by atoms with Crippen LogP contribution in [0.3, 0.4) is 0 Å². The van der Waals surface area contributed by atoms with Crippen LogP contribution in [-0.4, -0.2) is 102 Å². The fourth-order valence-electron chi connectivity index (χ4n) is 14.7. The van der Waals surface area contributed by atoms with E-state index in [0.29, 0.717) is 60.2 Å². The van der Waals surface area contributed by atoms with E-state index in [1.54, 1.807) is 0 Å². The van der Waals surface area contributed by atoms with Gasteiger partial charge in [-0.05, 0) is 130 Å². The van der Waals surface area contributed by atoms with Gasteiger partial charge in [0.05, 0.1) is 0 Å². The van der Waals surface area contributed by atoms with Gasteiger partial charge >= 0.3 is 0 Å². The molecule has 0 spiro atoms. The molecule has 2 aromatic carbocycles. The smallest absolute Gasteiger partial charge is 0.164 e. The molecule has 74 heavy (non-hydrogen) atoms. The normalized spacial score (nSPS) is 30.4. The van der Waals surface area contributed by atoms with E-state index in [4.69, 9.17) is 0 Å². The fraction of sp³-hybridized carbons (Fsp3) is 0.644. The molecule has 8 saturated heterocycles. The van der Waals surface area contributed by atoms with E-state index in [-0.39, 0.29) is 0 Å². The van der Waals surface area contributed by atoms with Gasteiger partial charge in [-0.15, -0.1) is 30.6 Å². The third-order valence-electron chi connectivity index (χ3n) is 18.0. The van der Waals surface area contributed by atoms with Crippen LogP contribution in [0, 0.1) is 27.7 Å². The van der Waals surface area contributed by atoms with Crippen LogP contribution in [0.25, 0.3) is 22.8 Å². The summed E-state index contributed by atoms with van der Waals surface area (Å²) in [5.41, 5.74) is 3.68. The zero-order valence-electron chi connectivity index (χ0n) is 45.7. The highest BCUT2D eigenvalue weighted by Crippen LogP contribution is 2.40. The molecule has 15 heteroatoms. The van der Waals surface area contributed by atoms with Gasteiger partial charge in [-0.25, -0.2) is 4.98 Å². The number of nitrogens with one attached hydrogen (secondary N) is 4. The maximum Gasteiger partial charge on any atom is 0.164 e. The number of hydrogen-bond acceptors (Lipinski definition) is 11. The number of aryl methyl sites for hydroxylation is 4. The van der Waals surface area contributed by atoms with Gasteiger partial charge in [0.25, 0.3) is 0 Å². The topological polar surface area (TPSA) is 158 Å². The Morgan fingerprint density at radius 1 is 0.378 bits per heavy atom. The van der Waals surface area contributed by atoms with E-state index >= 15 is 0 Å². The Balaban J connectivity index is 0.000000106. The highest BCUT2D eigenvalue weighted by atomic mass is 15.3. The molecular formula is C59H85N15. The summed E-state index contributed by atoms with van der Waals surface area (Å²) in [6.07, 6.45) is 22.6. The van der Waals surface area contributed by atoms with E-state index in [9.17, 15) is 0 Å². The lowest BCUT2D eigenvalue weighted by atomic mass is 9.98. The molecule has 0 radical (unpaired) electrons. The van der Waals surface area contributed by atoms with Crippen molar-refractivity contribution >= 4 is 0 Å². The van der Waals surface area contributed by atoms with Crippen LogP contribution in [0.2, 0.25) is 0 Å². The zero-order valence-corrected chi connectivity index (χ0v) is 45.7.